The number of sulfone groups is 1. The van der Waals surface area contributed by atoms with Crippen LogP contribution in [-0.2, 0) is 9.84 Å². The monoisotopic (exact) mass is 520 g/mol. The number of halogens is 4. The fraction of sp³-hybridized carbons (Fsp3) is 0.240. The zero-order valence-corrected chi connectivity index (χ0v) is 20.4. The van der Waals surface area contributed by atoms with Gasteiger partial charge in [-0.25, -0.2) is 17.2 Å². The van der Waals surface area contributed by atoms with Crippen LogP contribution in [0.15, 0.2) is 66.7 Å². The third-order valence-corrected chi connectivity index (χ3v) is 8.13. The van der Waals surface area contributed by atoms with Crippen molar-refractivity contribution >= 4 is 33.0 Å². The molecule has 1 aliphatic rings. The van der Waals surface area contributed by atoms with E-state index in [1.165, 1.54) is 0 Å². The molecule has 0 bridgehead atoms. The summed E-state index contributed by atoms with van der Waals surface area (Å²) < 4.78 is 53.5. The van der Waals surface area contributed by atoms with Crippen molar-refractivity contribution in [2.75, 3.05) is 19.3 Å². The molecule has 1 heterocycles. The van der Waals surface area contributed by atoms with Gasteiger partial charge in [-0.1, -0.05) is 47.5 Å². The smallest absolute Gasteiger partial charge is 0.156 e. The molecule has 0 spiro atoms. The van der Waals surface area contributed by atoms with Crippen molar-refractivity contribution in [2.24, 2.45) is 5.41 Å². The summed E-state index contributed by atoms with van der Waals surface area (Å²) in [4.78, 5) is 1.96. The number of hydrogen-bond acceptors (Lipinski definition) is 4. The van der Waals surface area contributed by atoms with Crippen LogP contribution in [0.1, 0.15) is 28.0 Å². The minimum Gasteiger partial charge on any atom is -0.289 e. The SMILES string of the molecule is CS(=O)(=O)C(c1cc(F)cc(F)c1)C1(C#N)CN(C(c2ccc(Cl)cc2)c2ccc(Cl)cc2)C1. The maximum Gasteiger partial charge on any atom is 0.156 e. The number of nitriles is 1. The Kier molecular flexibility index (Phi) is 6.71. The van der Waals surface area contributed by atoms with Crippen LogP contribution in [0.3, 0.4) is 0 Å². The topological polar surface area (TPSA) is 61.2 Å². The second-order valence-corrected chi connectivity index (χ2v) is 11.6. The summed E-state index contributed by atoms with van der Waals surface area (Å²) in [5.41, 5.74) is 0.331. The van der Waals surface area contributed by atoms with Crippen LogP contribution in [0, 0.1) is 28.4 Å². The van der Waals surface area contributed by atoms with Crippen LogP contribution >= 0.6 is 23.2 Å². The molecular weight excluding hydrogens is 501 g/mol. The van der Waals surface area contributed by atoms with Crippen molar-refractivity contribution in [1.82, 2.24) is 4.90 Å². The number of likely N-dealkylation sites (tertiary alicyclic amines) is 1. The van der Waals surface area contributed by atoms with Crippen LogP contribution < -0.4 is 0 Å². The van der Waals surface area contributed by atoms with Gasteiger partial charge in [-0.2, -0.15) is 5.26 Å². The molecule has 176 valence electrons. The zero-order chi connectivity index (χ0) is 24.7. The molecule has 4 rings (SSSR count). The van der Waals surface area contributed by atoms with Gasteiger partial charge in [-0.3, -0.25) is 4.90 Å². The van der Waals surface area contributed by atoms with Crippen molar-refractivity contribution in [2.45, 2.75) is 11.3 Å². The Morgan fingerprint density at radius 3 is 1.71 bits per heavy atom. The van der Waals surface area contributed by atoms with E-state index in [0.29, 0.717) is 16.1 Å². The Bertz CT molecular complexity index is 1290. The third kappa shape index (κ3) is 4.82. The van der Waals surface area contributed by atoms with Gasteiger partial charge in [0.2, 0.25) is 0 Å². The largest absolute Gasteiger partial charge is 0.289 e. The van der Waals surface area contributed by atoms with Gasteiger partial charge in [0.1, 0.15) is 22.3 Å². The summed E-state index contributed by atoms with van der Waals surface area (Å²) in [6.45, 7) is 0.157. The lowest BCUT2D eigenvalue weighted by Gasteiger charge is -2.52. The van der Waals surface area contributed by atoms with E-state index in [-0.39, 0.29) is 24.7 Å². The molecule has 0 saturated carbocycles. The molecule has 1 saturated heterocycles. The second-order valence-electron chi connectivity index (χ2n) is 8.59. The van der Waals surface area contributed by atoms with Gasteiger partial charge >= 0.3 is 0 Å². The number of benzene rings is 3. The predicted octanol–water partition coefficient (Wildman–Crippen LogP) is 5.97. The van der Waals surface area contributed by atoms with E-state index in [1.807, 2.05) is 29.2 Å². The van der Waals surface area contributed by atoms with Crippen LogP contribution in [-0.4, -0.2) is 32.7 Å². The molecule has 34 heavy (non-hydrogen) atoms. The van der Waals surface area contributed by atoms with Crippen LogP contribution in [0.5, 0.6) is 0 Å². The summed E-state index contributed by atoms with van der Waals surface area (Å²) in [7, 11) is -3.89. The Balaban J connectivity index is 1.74. The van der Waals surface area contributed by atoms with Gasteiger partial charge in [0.15, 0.2) is 9.84 Å². The first-order valence-corrected chi connectivity index (χ1v) is 13.0. The molecular formula is C25H20Cl2F2N2O2S. The first-order chi connectivity index (χ1) is 16.0. The van der Waals surface area contributed by atoms with Crippen molar-refractivity contribution in [1.29, 1.82) is 5.26 Å². The standard InChI is InChI=1S/C25H20Cl2F2N2O2S/c1-34(32,33)24(18-10-21(28)12-22(29)11-18)25(13-30)14-31(15-25)23(16-2-6-19(26)7-3-16)17-4-8-20(27)9-5-17/h2-12,23-24H,14-15H2,1H3. The van der Waals surface area contributed by atoms with Crippen LogP contribution in [0.4, 0.5) is 8.78 Å². The number of nitrogens with zero attached hydrogens (tertiary/aromatic N) is 2. The van der Waals surface area contributed by atoms with Gasteiger partial charge in [0, 0.05) is 35.5 Å². The van der Waals surface area contributed by atoms with Gasteiger partial charge in [0.05, 0.1) is 12.1 Å². The minimum atomic E-state index is -3.89. The highest BCUT2D eigenvalue weighted by atomic mass is 35.5. The Morgan fingerprint density at radius 1 is 0.882 bits per heavy atom. The molecule has 1 aliphatic heterocycles. The molecule has 0 N–H and O–H groups in total. The first-order valence-electron chi connectivity index (χ1n) is 10.3. The molecule has 1 unspecified atom stereocenters. The highest BCUT2D eigenvalue weighted by Crippen LogP contribution is 2.50. The average Bonchev–Trinajstić information content (AvgIpc) is 2.72. The van der Waals surface area contributed by atoms with Crippen molar-refractivity contribution in [3.63, 3.8) is 0 Å². The van der Waals surface area contributed by atoms with E-state index in [9.17, 15) is 22.5 Å². The van der Waals surface area contributed by atoms with E-state index in [4.69, 9.17) is 23.2 Å². The van der Waals surface area contributed by atoms with Crippen molar-refractivity contribution < 1.29 is 17.2 Å². The maximum atomic E-state index is 14.0. The van der Waals surface area contributed by atoms with E-state index in [2.05, 4.69) is 6.07 Å². The minimum absolute atomic E-state index is 0.0734. The van der Waals surface area contributed by atoms with Crippen LogP contribution in [0.2, 0.25) is 10.0 Å². The highest BCUT2D eigenvalue weighted by molar-refractivity contribution is 7.91. The Morgan fingerprint density at radius 2 is 1.32 bits per heavy atom. The highest BCUT2D eigenvalue weighted by Gasteiger charge is 2.56. The van der Waals surface area contributed by atoms with Gasteiger partial charge < -0.3 is 0 Å². The fourth-order valence-electron chi connectivity index (χ4n) is 4.76. The van der Waals surface area contributed by atoms with Gasteiger partial charge in [0.25, 0.3) is 0 Å². The Labute approximate surface area is 207 Å². The molecule has 0 aromatic heterocycles. The quantitative estimate of drug-likeness (QED) is 0.401. The molecule has 4 nitrogen and oxygen atoms in total. The predicted molar refractivity (Wildman–Crippen MR) is 128 cm³/mol. The van der Waals surface area contributed by atoms with E-state index < -0.39 is 32.1 Å². The normalized spacial score (nSPS) is 16.6. The summed E-state index contributed by atoms with van der Waals surface area (Å²) in [5.74, 6) is -1.79. The molecule has 1 atom stereocenters. The molecule has 0 radical (unpaired) electrons. The fourth-order valence-corrected chi connectivity index (χ4v) is 6.67. The van der Waals surface area contributed by atoms with E-state index in [1.54, 1.807) is 24.3 Å². The lowest BCUT2D eigenvalue weighted by atomic mass is 9.73. The molecule has 0 amide bonds. The lowest BCUT2D eigenvalue weighted by molar-refractivity contribution is 0.0158. The van der Waals surface area contributed by atoms with Crippen LogP contribution in [0.25, 0.3) is 0 Å². The van der Waals surface area contributed by atoms with E-state index in [0.717, 1.165) is 29.5 Å². The zero-order valence-electron chi connectivity index (χ0n) is 18.1. The second kappa shape index (κ2) is 9.27. The average molecular weight is 521 g/mol. The summed E-state index contributed by atoms with van der Waals surface area (Å²) in [5, 5.41) is 9.87. The number of hydrogen-bond donors (Lipinski definition) is 0. The first kappa shape index (κ1) is 24.6. The lowest BCUT2D eigenvalue weighted by Crippen LogP contribution is -2.60. The Hall–Kier alpha value is -2.50. The van der Waals surface area contributed by atoms with Gasteiger partial charge in [-0.15, -0.1) is 0 Å². The molecule has 3 aromatic carbocycles. The van der Waals surface area contributed by atoms with E-state index >= 15 is 0 Å². The van der Waals surface area contributed by atoms with Crippen molar-refractivity contribution in [3.8, 4) is 6.07 Å². The van der Waals surface area contributed by atoms with Gasteiger partial charge in [-0.05, 0) is 53.1 Å². The summed E-state index contributed by atoms with van der Waals surface area (Å²) in [6.07, 6.45) is 0.984. The summed E-state index contributed by atoms with van der Waals surface area (Å²) >= 11 is 12.1. The van der Waals surface area contributed by atoms with Crippen molar-refractivity contribution in [3.05, 3.63) is 105 Å². The number of rotatable bonds is 6. The third-order valence-electron chi connectivity index (χ3n) is 6.05. The molecule has 0 aliphatic carbocycles. The maximum absolute atomic E-state index is 14.0. The molecule has 9 heteroatoms. The molecule has 1 fully saturated rings. The summed E-state index contributed by atoms with van der Waals surface area (Å²) in [6, 6.07) is 19.0. The molecule has 3 aromatic rings.